The van der Waals surface area contributed by atoms with Crippen LogP contribution in [-0.4, -0.2) is 44.8 Å². The van der Waals surface area contributed by atoms with Crippen LogP contribution < -0.4 is 0 Å². The molecule has 0 amide bonds. The van der Waals surface area contributed by atoms with E-state index in [1.54, 1.807) is 17.8 Å². The summed E-state index contributed by atoms with van der Waals surface area (Å²) in [5, 5.41) is 5.26. The molecule has 2 heterocycles. The smallest absolute Gasteiger partial charge is 0.253 e. The average molecular weight is 397 g/mol. The van der Waals surface area contributed by atoms with Crippen LogP contribution in [0, 0.1) is 0 Å². The third-order valence-electron chi connectivity index (χ3n) is 5.21. The van der Waals surface area contributed by atoms with Gasteiger partial charge in [0.1, 0.15) is 0 Å². The number of carbonyl (C=O) groups excluding carboxylic acids is 1. The van der Waals surface area contributed by atoms with E-state index in [2.05, 4.69) is 53.2 Å². The molecule has 6 nitrogen and oxygen atoms in total. The van der Waals surface area contributed by atoms with Crippen LogP contribution in [0.2, 0.25) is 0 Å². The summed E-state index contributed by atoms with van der Waals surface area (Å²) in [5.41, 5.74) is 4.08. The fourth-order valence-electron chi connectivity index (χ4n) is 3.60. The lowest BCUT2D eigenvalue weighted by Crippen LogP contribution is -2.22. The molecule has 0 fully saturated rings. The SMILES string of the molecule is COCCSc1nc2ncc3c(n2n1)CC(c1ccc(C(C)C)cc1)CC3=O. The van der Waals surface area contributed by atoms with Crippen molar-refractivity contribution in [2.75, 3.05) is 19.5 Å². The van der Waals surface area contributed by atoms with Crippen molar-refractivity contribution in [1.29, 1.82) is 0 Å². The van der Waals surface area contributed by atoms with Crippen molar-refractivity contribution in [2.45, 2.75) is 43.7 Å². The summed E-state index contributed by atoms with van der Waals surface area (Å²) in [6, 6.07) is 8.65. The monoisotopic (exact) mass is 396 g/mol. The van der Waals surface area contributed by atoms with Gasteiger partial charge in [-0.15, -0.1) is 5.10 Å². The van der Waals surface area contributed by atoms with Crippen molar-refractivity contribution >= 4 is 23.3 Å². The minimum atomic E-state index is 0.123. The number of fused-ring (bicyclic) bond motifs is 3. The Hall–Kier alpha value is -2.25. The van der Waals surface area contributed by atoms with E-state index in [0.717, 1.165) is 17.9 Å². The topological polar surface area (TPSA) is 69.4 Å². The van der Waals surface area contributed by atoms with E-state index in [1.807, 2.05) is 0 Å². The van der Waals surface area contributed by atoms with Crippen molar-refractivity contribution in [3.63, 3.8) is 0 Å². The Balaban J connectivity index is 1.65. The predicted octanol–water partition coefficient (Wildman–Crippen LogP) is 3.90. The van der Waals surface area contributed by atoms with Crippen molar-refractivity contribution in [1.82, 2.24) is 19.6 Å². The van der Waals surface area contributed by atoms with Gasteiger partial charge >= 0.3 is 0 Å². The molecule has 0 saturated heterocycles. The average Bonchev–Trinajstić information content (AvgIpc) is 3.11. The first-order valence-electron chi connectivity index (χ1n) is 9.56. The van der Waals surface area contributed by atoms with Gasteiger partial charge in [0.05, 0.1) is 17.9 Å². The lowest BCUT2D eigenvalue weighted by Gasteiger charge is -2.24. The molecular weight excluding hydrogens is 372 g/mol. The molecule has 3 aromatic rings. The minimum absolute atomic E-state index is 0.123. The van der Waals surface area contributed by atoms with Gasteiger partial charge in [0.15, 0.2) is 5.78 Å². The van der Waals surface area contributed by atoms with Gasteiger partial charge in [0, 0.05) is 25.5 Å². The van der Waals surface area contributed by atoms with Gasteiger partial charge in [0.25, 0.3) is 5.78 Å². The molecule has 0 spiro atoms. The Bertz CT molecular complexity index is 998. The minimum Gasteiger partial charge on any atom is -0.384 e. The normalized spacial score (nSPS) is 16.7. The van der Waals surface area contributed by atoms with Crippen LogP contribution in [0.4, 0.5) is 0 Å². The zero-order chi connectivity index (χ0) is 19.7. The van der Waals surface area contributed by atoms with E-state index >= 15 is 0 Å². The first kappa shape index (κ1) is 19.1. The molecule has 2 aromatic heterocycles. The second-order valence-electron chi connectivity index (χ2n) is 7.42. The summed E-state index contributed by atoms with van der Waals surface area (Å²) < 4.78 is 6.83. The van der Waals surface area contributed by atoms with E-state index in [9.17, 15) is 4.79 Å². The number of thioether (sulfide) groups is 1. The number of aromatic nitrogens is 4. The number of nitrogens with zero attached hydrogens (tertiary/aromatic N) is 4. The molecule has 0 radical (unpaired) electrons. The van der Waals surface area contributed by atoms with Gasteiger partial charge in [0.2, 0.25) is 5.16 Å². The summed E-state index contributed by atoms with van der Waals surface area (Å²) in [5.74, 6) is 2.09. The number of carbonyl (C=O) groups is 1. The highest BCUT2D eigenvalue weighted by atomic mass is 32.2. The number of ketones is 1. The maximum absolute atomic E-state index is 12.8. The lowest BCUT2D eigenvalue weighted by molar-refractivity contribution is 0.0962. The third-order valence-corrected chi connectivity index (χ3v) is 6.01. The highest BCUT2D eigenvalue weighted by Gasteiger charge is 2.29. The van der Waals surface area contributed by atoms with Crippen LogP contribution in [0.1, 0.15) is 59.3 Å². The molecule has 0 aliphatic heterocycles. The van der Waals surface area contributed by atoms with Crippen LogP contribution in [0.5, 0.6) is 0 Å². The van der Waals surface area contributed by atoms with Gasteiger partial charge in [-0.2, -0.15) is 9.50 Å². The number of rotatable bonds is 6. The second kappa shape index (κ2) is 8.01. The largest absolute Gasteiger partial charge is 0.384 e. The number of hydrogen-bond acceptors (Lipinski definition) is 6. The van der Waals surface area contributed by atoms with Crippen molar-refractivity contribution in [2.24, 2.45) is 0 Å². The Kier molecular flexibility index (Phi) is 5.46. The Labute approximate surface area is 168 Å². The number of ether oxygens (including phenoxy) is 1. The standard InChI is InChI=1S/C21H24N4O2S/c1-13(2)14-4-6-15(7-5-14)16-10-18-17(19(26)11-16)12-22-20-23-21(24-25(18)20)28-9-8-27-3/h4-7,12-13,16H,8-11H2,1-3H3. The molecule has 1 unspecified atom stereocenters. The highest BCUT2D eigenvalue weighted by molar-refractivity contribution is 7.99. The summed E-state index contributed by atoms with van der Waals surface area (Å²) in [6.45, 7) is 5.01. The lowest BCUT2D eigenvalue weighted by atomic mass is 9.81. The summed E-state index contributed by atoms with van der Waals surface area (Å²) in [6.07, 6.45) is 2.92. The van der Waals surface area contributed by atoms with Crippen LogP contribution in [0.15, 0.2) is 35.6 Å². The van der Waals surface area contributed by atoms with Crippen LogP contribution in [0.3, 0.4) is 0 Å². The van der Waals surface area contributed by atoms with E-state index in [4.69, 9.17) is 4.74 Å². The molecule has 1 atom stereocenters. The molecule has 0 bridgehead atoms. The van der Waals surface area contributed by atoms with Crippen LogP contribution in [-0.2, 0) is 11.2 Å². The Morgan fingerprint density at radius 3 is 2.75 bits per heavy atom. The molecule has 1 aromatic carbocycles. The highest BCUT2D eigenvalue weighted by Crippen LogP contribution is 2.33. The molecule has 28 heavy (non-hydrogen) atoms. The van der Waals surface area contributed by atoms with Crippen molar-refractivity contribution in [3.8, 4) is 0 Å². The summed E-state index contributed by atoms with van der Waals surface area (Å²) in [7, 11) is 1.68. The van der Waals surface area contributed by atoms with E-state index in [-0.39, 0.29) is 11.7 Å². The molecule has 4 rings (SSSR count). The molecule has 0 N–H and O–H groups in total. The van der Waals surface area contributed by atoms with Crippen LogP contribution >= 0.6 is 11.8 Å². The Morgan fingerprint density at radius 2 is 2.04 bits per heavy atom. The fourth-order valence-corrected chi connectivity index (χ4v) is 4.31. The zero-order valence-corrected chi connectivity index (χ0v) is 17.2. The van der Waals surface area contributed by atoms with Gasteiger partial charge < -0.3 is 4.74 Å². The molecule has 7 heteroatoms. The summed E-state index contributed by atoms with van der Waals surface area (Å²) in [4.78, 5) is 21.6. The van der Waals surface area contributed by atoms with E-state index in [0.29, 0.717) is 35.4 Å². The number of benzene rings is 1. The van der Waals surface area contributed by atoms with Crippen molar-refractivity contribution in [3.05, 3.63) is 52.8 Å². The zero-order valence-electron chi connectivity index (χ0n) is 16.4. The van der Waals surface area contributed by atoms with Gasteiger partial charge in [-0.05, 0) is 29.4 Å². The quantitative estimate of drug-likeness (QED) is 0.465. The van der Waals surface area contributed by atoms with Crippen LogP contribution in [0.25, 0.3) is 5.78 Å². The second-order valence-corrected chi connectivity index (χ2v) is 8.48. The maximum atomic E-state index is 12.8. The number of hydrogen-bond donors (Lipinski definition) is 0. The molecule has 1 aliphatic carbocycles. The molecule has 146 valence electrons. The number of Topliss-reactive ketones (excluding diaryl/α,β-unsaturated/α-hetero) is 1. The number of methoxy groups -OCH3 is 1. The molecule has 1 aliphatic rings. The molecule has 0 saturated carbocycles. The third kappa shape index (κ3) is 3.69. The summed E-state index contributed by atoms with van der Waals surface area (Å²) >= 11 is 1.53. The van der Waals surface area contributed by atoms with E-state index < -0.39 is 0 Å². The van der Waals surface area contributed by atoms with Gasteiger partial charge in [-0.1, -0.05) is 49.9 Å². The molecular formula is C21H24N4O2S. The first-order chi connectivity index (χ1) is 13.6. The van der Waals surface area contributed by atoms with E-state index in [1.165, 1.54) is 22.9 Å². The fraction of sp³-hybridized carbons (Fsp3) is 0.429. The van der Waals surface area contributed by atoms with Crippen molar-refractivity contribution < 1.29 is 9.53 Å². The predicted molar refractivity (Wildman–Crippen MR) is 109 cm³/mol. The van der Waals surface area contributed by atoms with Gasteiger partial charge in [-0.25, -0.2) is 4.98 Å². The van der Waals surface area contributed by atoms with Gasteiger partial charge in [-0.3, -0.25) is 4.79 Å². The Morgan fingerprint density at radius 1 is 1.25 bits per heavy atom. The first-order valence-corrected chi connectivity index (χ1v) is 10.5. The maximum Gasteiger partial charge on any atom is 0.253 e.